The van der Waals surface area contributed by atoms with E-state index in [9.17, 15) is 12.8 Å². The van der Waals surface area contributed by atoms with Crippen LogP contribution in [0.25, 0.3) is 0 Å². The predicted octanol–water partition coefficient (Wildman–Crippen LogP) is 3.49. The van der Waals surface area contributed by atoms with Crippen molar-refractivity contribution in [1.29, 1.82) is 0 Å². The zero-order chi connectivity index (χ0) is 19.7. The van der Waals surface area contributed by atoms with Crippen molar-refractivity contribution in [2.45, 2.75) is 32.2 Å². The van der Waals surface area contributed by atoms with Gasteiger partial charge >= 0.3 is 0 Å². The van der Waals surface area contributed by atoms with Gasteiger partial charge in [0.1, 0.15) is 11.6 Å². The van der Waals surface area contributed by atoms with Crippen molar-refractivity contribution in [2.24, 2.45) is 0 Å². The van der Waals surface area contributed by atoms with Crippen LogP contribution in [0.2, 0.25) is 0 Å². The molecule has 0 saturated heterocycles. The van der Waals surface area contributed by atoms with Gasteiger partial charge in [0.05, 0.1) is 18.0 Å². The molecule has 1 atom stereocenters. The highest BCUT2D eigenvalue weighted by molar-refractivity contribution is 7.92. The molecule has 4 rings (SSSR count). The Kier molecular flexibility index (Phi) is 5.05. The first-order chi connectivity index (χ1) is 13.4. The third-order valence-corrected chi connectivity index (χ3v) is 6.93. The molecule has 2 heterocycles. The van der Waals surface area contributed by atoms with Crippen LogP contribution in [0.4, 0.5) is 10.1 Å². The number of benzene rings is 2. The van der Waals surface area contributed by atoms with Crippen molar-refractivity contribution in [3.05, 3.63) is 47.8 Å². The zero-order valence-electron chi connectivity index (χ0n) is 15.6. The Morgan fingerprint density at radius 3 is 2.86 bits per heavy atom. The highest BCUT2D eigenvalue weighted by atomic mass is 32.2. The van der Waals surface area contributed by atoms with Gasteiger partial charge in [0.25, 0.3) is 0 Å². The van der Waals surface area contributed by atoms with E-state index in [1.807, 2.05) is 6.92 Å². The first-order valence-electron chi connectivity index (χ1n) is 9.27. The van der Waals surface area contributed by atoms with Gasteiger partial charge in [0.2, 0.25) is 16.8 Å². The highest BCUT2D eigenvalue weighted by Crippen LogP contribution is 2.35. The van der Waals surface area contributed by atoms with Crippen LogP contribution in [0.3, 0.4) is 0 Å². The van der Waals surface area contributed by atoms with Crippen LogP contribution in [0.1, 0.15) is 25.3 Å². The van der Waals surface area contributed by atoms with Crippen LogP contribution in [0.5, 0.6) is 17.2 Å². The van der Waals surface area contributed by atoms with Gasteiger partial charge < -0.3 is 14.2 Å². The van der Waals surface area contributed by atoms with Crippen molar-refractivity contribution in [2.75, 3.05) is 23.5 Å². The summed E-state index contributed by atoms with van der Waals surface area (Å²) < 4.78 is 57.0. The molecule has 6 nitrogen and oxygen atoms in total. The summed E-state index contributed by atoms with van der Waals surface area (Å²) in [5.74, 6) is 1.51. The summed E-state index contributed by atoms with van der Waals surface area (Å²) in [6.07, 6.45) is 1.69. The summed E-state index contributed by atoms with van der Waals surface area (Å²) in [6.45, 7) is 2.33. The molecular weight excluding hydrogens is 385 g/mol. The number of anilines is 1. The number of fused-ring (bicyclic) bond motifs is 2. The Bertz CT molecular complexity index is 979. The molecule has 150 valence electrons. The van der Waals surface area contributed by atoms with E-state index in [-0.39, 0.29) is 31.0 Å². The molecule has 2 aliphatic rings. The van der Waals surface area contributed by atoms with Crippen molar-refractivity contribution >= 4 is 15.7 Å². The van der Waals surface area contributed by atoms with Crippen molar-refractivity contribution in [3.63, 3.8) is 0 Å². The van der Waals surface area contributed by atoms with E-state index in [4.69, 9.17) is 14.2 Å². The maximum atomic E-state index is 13.5. The minimum atomic E-state index is -3.54. The Balaban J connectivity index is 1.39. The number of aryl methyl sites for hydroxylation is 1. The second-order valence-electron chi connectivity index (χ2n) is 6.99. The molecule has 0 aliphatic carbocycles. The number of hydrogen-bond acceptors (Lipinski definition) is 5. The number of halogens is 1. The van der Waals surface area contributed by atoms with E-state index < -0.39 is 10.0 Å². The average Bonchev–Trinajstić information content (AvgIpc) is 3.13. The first-order valence-corrected chi connectivity index (χ1v) is 10.9. The molecule has 28 heavy (non-hydrogen) atoms. The Labute approximate surface area is 163 Å². The third kappa shape index (κ3) is 3.73. The molecule has 0 N–H and O–H groups in total. The van der Waals surface area contributed by atoms with Gasteiger partial charge in [-0.15, -0.1) is 0 Å². The lowest BCUT2D eigenvalue weighted by molar-refractivity contribution is 0.173. The number of sulfonamides is 1. The lowest BCUT2D eigenvalue weighted by atomic mass is 9.99. The largest absolute Gasteiger partial charge is 0.493 e. The predicted molar refractivity (Wildman–Crippen MR) is 103 cm³/mol. The van der Waals surface area contributed by atoms with Crippen molar-refractivity contribution in [1.82, 2.24) is 0 Å². The van der Waals surface area contributed by atoms with Gasteiger partial charge in [-0.05, 0) is 62.1 Å². The summed E-state index contributed by atoms with van der Waals surface area (Å²) in [4.78, 5) is 0. The zero-order valence-corrected chi connectivity index (χ0v) is 16.4. The lowest BCUT2D eigenvalue weighted by Gasteiger charge is -2.36. The summed E-state index contributed by atoms with van der Waals surface area (Å²) in [6, 6.07) is 9.39. The van der Waals surface area contributed by atoms with E-state index in [1.54, 1.807) is 24.3 Å². The van der Waals surface area contributed by atoms with Crippen molar-refractivity contribution in [3.8, 4) is 17.2 Å². The number of hydrogen-bond donors (Lipinski definition) is 0. The first kappa shape index (κ1) is 18.9. The fourth-order valence-electron chi connectivity index (χ4n) is 3.61. The molecule has 0 fully saturated rings. The molecule has 2 aromatic rings. The third-order valence-electron chi connectivity index (χ3n) is 4.97. The molecule has 2 aromatic carbocycles. The minimum absolute atomic E-state index is 0.0429. The van der Waals surface area contributed by atoms with E-state index >= 15 is 0 Å². The highest BCUT2D eigenvalue weighted by Gasteiger charge is 2.32. The van der Waals surface area contributed by atoms with E-state index in [0.29, 0.717) is 42.2 Å². The van der Waals surface area contributed by atoms with E-state index in [0.717, 1.165) is 5.56 Å². The number of rotatable bonds is 6. The van der Waals surface area contributed by atoms with Gasteiger partial charge in [-0.2, -0.15) is 0 Å². The maximum absolute atomic E-state index is 13.5. The second kappa shape index (κ2) is 7.50. The second-order valence-corrected chi connectivity index (χ2v) is 8.96. The van der Waals surface area contributed by atoms with Gasteiger partial charge in [0, 0.05) is 12.1 Å². The molecule has 0 aromatic heterocycles. The summed E-state index contributed by atoms with van der Waals surface area (Å²) in [5, 5.41) is 0. The monoisotopic (exact) mass is 407 g/mol. The molecular formula is C20H22FNO5S. The standard InChI is InChI=1S/C20H22FNO5S/c1-14-3-4-15-11-16(21)5-7-18(15)22(14)28(23,24)10-2-9-25-17-6-8-19-20(12-17)27-13-26-19/h5-8,11-12,14H,2-4,9-10,13H2,1H3. The normalized spacial score (nSPS) is 18.1. The van der Waals surface area contributed by atoms with E-state index in [2.05, 4.69) is 0 Å². The van der Waals surface area contributed by atoms with Gasteiger partial charge in [0.15, 0.2) is 11.5 Å². The van der Waals surface area contributed by atoms with Gasteiger partial charge in [-0.3, -0.25) is 4.31 Å². The average molecular weight is 407 g/mol. The fourth-order valence-corrected chi connectivity index (χ4v) is 5.42. The maximum Gasteiger partial charge on any atom is 0.235 e. The SMILES string of the molecule is CC1CCc2cc(F)ccc2N1S(=O)(=O)CCCOc1ccc2c(c1)OCO2. The number of nitrogens with zero attached hydrogens (tertiary/aromatic N) is 1. The summed E-state index contributed by atoms with van der Waals surface area (Å²) in [5.41, 5.74) is 1.31. The molecule has 8 heteroatoms. The van der Waals surface area contributed by atoms with Crippen LogP contribution >= 0.6 is 0 Å². The molecule has 2 aliphatic heterocycles. The molecule has 1 unspecified atom stereocenters. The van der Waals surface area contributed by atoms with Crippen LogP contribution in [0.15, 0.2) is 36.4 Å². The molecule has 0 amide bonds. The number of ether oxygens (including phenoxy) is 3. The van der Waals surface area contributed by atoms with Crippen LogP contribution in [-0.2, 0) is 16.4 Å². The topological polar surface area (TPSA) is 65.1 Å². The molecule has 0 spiro atoms. The lowest BCUT2D eigenvalue weighted by Crippen LogP contribution is -2.43. The smallest absolute Gasteiger partial charge is 0.235 e. The van der Waals surface area contributed by atoms with Crippen LogP contribution in [0, 0.1) is 5.82 Å². The van der Waals surface area contributed by atoms with Crippen LogP contribution < -0.4 is 18.5 Å². The summed E-state index contributed by atoms with van der Waals surface area (Å²) in [7, 11) is -3.54. The van der Waals surface area contributed by atoms with Crippen molar-refractivity contribution < 1.29 is 27.0 Å². The van der Waals surface area contributed by atoms with Gasteiger partial charge in [-0.25, -0.2) is 12.8 Å². The molecule has 0 radical (unpaired) electrons. The molecule has 0 saturated carbocycles. The Morgan fingerprint density at radius 2 is 2.00 bits per heavy atom. The quantitative estimate of drug-likeness (QED) is 0.686. The Morgan fingerprint density at radius 1 is 1.18 bits per heavy atom. The Hall–Kier alpha value is -2.48. The minimum Gasteiger partial charge on any atom is -0.493 e. The fraction of sp³-hybridized carbons (Fsp3) is 0.400. The summed E-state index contributed by atoms with van der Waals surface area (Å²) >= 11 is 0. The van der Waals surface area contributed by atoms with E-state index in [1.165, 1.54) is 16.4 Å². The van der Waals surface area contributed by atoms with Crippen LogP contribution in [-0.4, -0.2) is 33.6 Å². The van der Waals surface area contributed by atoms with Gasteiger partial charge in [-0.1, -0.05) is 0 Å². The molecule has 0 bridgehead atoms.